The van der Waals surface area contributed by atoms with E-state index >= 15 is 0 Å². The van der Waals surface area contributed by atoms with Crippen LogP contribution in [0.25, 0.3) is 11.1 Å². The molecule has 0 saturated carbocycles. The normalized spacial score (nSPS) is 10.1. The first-order valence-corrected chi connectivity index (χ1v) is 5.06. The highest BCUT2D eigenvalue weighted by molar-refractivity contribution is 5.79. The van der Waals surface area contributed by atoms with E-state index in [4.69, 9.17) is 0 Å². The Morgan fingerprint density at radius 3 is 2.50 bits per heavy atom. The molecule has 0 saturated heterocycles. The Bertz CT molecular complexity index is 530. The molecule has 2 rings (SSSR count). The highest BCUT2D eigenvalue weighted by Gasteiger charge is 2.01. The summed E-state index contributed by atoms with van der Waals surface area (Å²) in [6.45, 7) is 1.85. The van der Waals surface area contributed by atoms with Gasteiger partial charge in [-0.15, -0.1) is 0 Å². The predicted molar refractivity (Wildman–Crippen MR) is 63.7 cm³/mol. The van der Waals surface area contributed by atoms with Crippen LogP contribution >= 0.6 is 0 Å². The highest BCUT2D eigenvalue weighted by atomic mass is 16.3. The summed E-state index contributed by atoms with van der Waals surface area (Å²) in [5.41, 5.74) is 3.46. The van der Waals surface area contributed by atoms with Crippen LogP contribution in [0, 0.1) is 6.92 Å². The van der Waals surface area contributed by atoms with Gasteiger partial charge in [0.15, 0.2) is 0 Å². The number of rotatable bonds is 2. The van der Waals surface area contributed by atoms with E-state index < -0.39 is 0 Å². The van der Waals surface area contributed by atoms with Gasteiger partial charge < -0.3 is 5.11 Å². The number of benzene rings is 2. The van der Waals surface area contributed by atoms with Gasteiger partial charge in [0.1, 0.15) is 12.0 Å². The van der Waals surface area contributed by atoms with Crippen LogP contribution < -0.4 is 0 Å². The zero-order valence-corrected chi connectivity index (χ0v) is 8.97. The lowest BCUT2D eigenvalue weighted by Gasteiger charge is -2.05. The van der Waals surface area contributed by atoms with Crippen LogP contribution in [0.5, 0.6) is 5.75 Å². The van der Waals surface area contributed by atoms with Crippen molar-refractivity contribution in [2.24, 2.45) is 0 Å². The maximum atomic E-state index is 10.7. The van der Waals surface area contributed by atoms with E-state index in [2.05, 4.69) is 0 Å². The van der Waals surface area contributed by atoms with Gasteiger partial charge >= 0.3 is 0 Å². The van der Waals surface area contributed by atoms with Crippen LogP contribution in [0.1, 0.15) is 15.9 Å². The first-order chi connectivity index (χ1) is 7.70. The van der Waals surface area contributed by atoms with Gasteiger partial charge in [0, 0.05) is 5.56 Å². The van der Waals surface area contributed by atoms with Crippen molar-refractivity contribution in [3.63, 3.8) is 0 Å². The van der Waals surface area contributed by atoms with Gasteiger partial charge in [0.05, 0.1) is 0 Å². The molecule has 0 aliphatic carbocycles. The van der Waals surface area contributed by atoms with E-state index in [1.165, 1.54) is 0 Å². The monoisotopic (exact) mass is 212 g/mol. The number of phenols is 1. The van der Waals surface area contributed by atoms with Crippen molar-refractivity contribution in [2.75, 3.05) is 0 Å². The fourth-order valence-corrected chi connectivity index (χ4v) is 1.63. The Labute approximate surface area is 94.2 Å². The fourth-order valence-electron chi connectivity index (χ4n) is 1.63. The van der Waals surface area contributed by atoms with Crippen molar-refractivity contribution in [1.29, 1.82) is 0 Å². The number of carbonyl (C=O) groups excluding carboxylic acids is 1. The molecule has 16 heavy (non-hydrogen) atoms. The van der Waals surface area contributed by atoms with Crippen LogP contribution in [0.15, 0.2) is 42.5 Å². The van der Waals surface area contributed by atoms with Crippen molar-refractivity contribution < 1.29 is 9.90 Å². The van der Waals surface area contributed by atoms with E-state index in [0.717, 1.165) is 23.0 Å². The number of carbonyl (C=O) groups is 1. The second-order valence-corrected chi connectivity index (χ2v) is 3.74. The first kappa shape index (κ1) is 10.4. The SMILES string of the molecule is Cc1cc(-c2cccc(C=O)c2)ccc1O. The Balaban J connectivity index is 2.49. The Morgan fingerprint density at radius 1 is 1.06 bits per heavy atom. The van der Waals surface area contributed by atoms with Gasteiger partial charge in [-0.3, -0.25) is 4.79 Å². The Hall–Kier alpha value is -2.09. The topological polar surface area (TPSA) is 37.3 Å². The molecule has 2 aromatic rings. The van der Waals surface area contributed by atoms with Crippen LogP contribution in [0.2, 0.25) is 0 Å². The van der Waals surface area contributed by atoms with Crippen molar-refractivity contribution in [3.8, 4) is 16.9 Å². The lowest BCUT2D eigenvalue weighted by Crippen LogP contribution is -1.83. The van der Waals surface area contributed by atoms with Crippen molar-refractivity contribution >= 4 is 6.29 Å². The smallest absolute Gasteiger partial charge is 0.150 e. The predicted octanol–water partition coefficient (Wildman–Crippen LogP) is 3.18. The minimum atomic E-state index is 0.287. The van der Waals surface area contributed by atoms with Crippen molar-refractivity contribution in [3.05, 3.63) is 53.6 Å². The molecule has 2 heteroatoms. The van der Waals surface area contributed by atoms with E-state index in [1.54, 1.807) is 12.1 Å². The second-order valence-electron chi connectivity index (χ2n) is 3.74. The van der Waals surface area contributed by atoms with Crippen LogP contribution in [0.4, 0.5) is 0 Å². The number of phenolic OH excluding ortho intramolecular Hbond substituents is 1. The summed E-state index contributed by atoms with van der Waals surface area (Å²) < 4.78 is 0. The Kier molecular flexibility index (Phi) is 2.73. The largest absolute Gasteiger partial charge is 0.508 e. The van der Waals surface area contributed by atoms with E-state index in [1.807, 2.05) is 37.3 Å². The molecular formula is C14H12O2. The lowest BCUT2D eigenvalue weighted by atomic mass is 10.0. The molecule has 0 radical (unpaired) electrons. The van der Waals surface area contributed by atoms with Crippen LogP contribution in [-0.4, -0.2) is 11.4 Å². The van der Waals surface area contributed by atoms with Crippen molar-refractivity contribution in [2.45, 2.75) is 6.92 Å². The lowest BCUT2D eigenvalue weighted by molar-refractivity contribution is 0.112. The zero-order valence-electron chi connectivity index (χ0n) is 8.97. The third-order valence-electron chi connectivity index (χ3n) is 2.55. The number of hydrogen-bond donors (Lipinski definition) is 1. The van der Waals surface area contributed by atoms with E-state index in [-0.39, 0.29) is 5.75 Å². The Morgan fingerprint density at radius 2 is 1.81 bits per heavy atom. The minimum absolute atomic E-state index is 0.287. The summed E-state index contributed by atoms with van der Waals surface area (Å²) in [4.78, 5) is 10.7. The summed E-state index contributed by atoms with van der Waals surface area (Å²) in [6, 6.07) is 12.8. The molecule has 0 heterocycles. The molecule has 2 nitrogen and oxygen atoms in total. The maximum absolute atomic E-state index is 10.7. The molecule has 2 aromatic carbocycles. The third kappa shape index (κ3) is 1.96. The van der Waals surface area contributed by atoms with Crippen LogP contribution in [-0.2, 0) is 0 Å². The standard InChI is InChI=1S/C14H12O2/c1-10-7-13(5-6-14(10)16)12-4-2-3-11(8-12)9-15/h2-9,16H,1H3. The average molecular weight is 212 g/mol. The fraction of sp³-hybridized carbons (Fsp3) is 0.0714. The molecule has 0 amide bonds. The number of hydrogen-bond acceptors (Lipinski definition) is 2. The summed E-state index contributed by atoms with van der Waals surface area (Å²) in [5.74, 6) is 0.287. The molecule has 1 N–H and O–H groups in total. The molecule has 0 fully saturated rings. The molecule has 0 atom stereocenters. The zero-order chi connectivity index (χ0) is 11.5. The summed E-state index contributed by atoms with van der Waals surface area (Å²) in [6.07, 6.45) is 0.830. The molecule has 0 aliphatic heterocycles. The molecule has 0 spiro atoms. The minimum Gasteiger partial charge on any atom is -0.508 e. The van der Waals surface area contributed by atoms with Gasteiger partial charge in [-0.1, -0.05) is 24.3 Å². The van der Waals surface area contributed by atoms with Gasteiger partial charge in [-0.05, 0) is 41.8 Å². The third-order valence-corrected chi connectivity index (χ3v) is 2.55. The molecule has 0 unspecified atom stereocenters. The van der Waals surface area contributed by atoms with Gasteiger partial charge in [-0.25, -0.2) is 0 Å². The van der Waals surface area contributed by atoms with E-state index in [9.17, 15) is 9.90 Å². The molecule has 80 valence electrons. The summed E-state index contributed by atoms with van der Waals surface area (Å²) >= 11 is 0. The molecule has 0 aromatic heterocycles. The van der Waals surface area contributed by atoms with Gasteiger partial charge in [-0.2, -0.15) is 0 Å². The summed E-state index contributed by atoms with van der Waals surface area (Å²) in [7, 11) is 0. The van der Waals surface area contributed by atoms with E-state index in [0.29, 0.717) is 5.56 Å². The number of aromatic hydroxyl groups is 1. The molecular weight excluding hydrogens is 200 g/mol. The second kappa shape index (κ2) is 4.19. The average Bonchev–Trinajstić information content (AvgIpc) is 2.33. The van der Waals surface area contributed by atoms with Gasteiger partial charge in [0.2, 0.25) is 0 Å². The maximum Gasteiger partial charge on any atom is 0.150 e. The number of aryl methyl sites for hydroxylation is 1. The molecule has 0 bridgehead atoms. The van der Waals surface area contributed by atoms with Gasteiger partial charge in [0.25, 0.3) is 0 Å². The van der Waals surface area contributed by atoms with Crippen molar-refractivity contribution in [1.82, 2.24) is 0 Å². The highest BCUT2D eigenvalue weighted by Crippen LogP contribution is 2.25. The molecule has 0 aliphatic rings. The summed E-state index contributed by atoms with van der Waals surface area (Å²) in [5, 5.41) is 9.44. The quantitative estimate of drug-likeness (QED) is 0.776. The van der Waals surface area contributed by atoms with Crippen LogP contribution in [0.3, 0.4) is 0 Å². The first-order valence-electron chi connectivity index (χ1n) is 5.06. The number of aldehydes is 1.